The lowest BCUT2D eigenvalue weighted by Crippen LogP contribution is -2.46. The maximum absolute atomic E-state index is 13.5. The van der Waals surface area contributed by atoms with Crippen LogP contribution in [0, 0.1) is 22.0 Å². The largest absolute Gasteiger partial charge is 0.416 e. The average molecular weight is 484 g/mol. The van der Waals surface area contributed by atoms with E-state index in [-0.39, 0.29) is 16.9 Å². The quantitative estimate of drug-likeness (QED) is 0.285. The summed E-state index contributed by atoms with van der Waals surface area (Å²) >= 11 is 0. The van der Waals surface area contributed by atoms with Gasteiger partial charge in [0.05, 0.1) is 34.1 Å². The highest BCUT2D eigenvalue weighted by Gasteiger charge is 2.64. The summed E-state index contributed by atoms with van der Waals surface area (Å²) in [6.45, 7) is 0. The van der Waals surface area contributed by atoms with Crippen molar-refractivity contribution in [3.63, 3.8) is 0 Å². The van der Waals surface area contributed by atoms with Gasteiger partial charge in [-0.25, -0.2) is 4.90 Å². The molecule has 0 unspecified atom stereocenters. The Kier molecular flexibility index (Phi) is 5.04. The van der Waals surface area contributed by atoms with E-state index < -0.39 is 58.2 Å². The van der Waals surface area contributed by atoms with Crippen LogP contribution in [-0.4, -0.2) is 45.8 Å². The third-order valence-corrected chi connectivity index (χ3v) is 6.33. The Hall–Kier alpha value is -4.35. The number of carbonyl (C=O) groups excluding carboxylic acids is 3. The number of nitro benzene ring substituents is 1. The topological polar surface area (TPSA) is 113 Å². The molecule has 0 aromatic heterocycles. The van der Waals surface area contributed by atoms with Crippen molar-refractivity contribution in [2.75, 3.05) is 4.90 Å². The van der Waals surface area contributed by atoms with E-state index in [1.165, 1.54) is 35.5 Å². The van der Waals surface area contributed by atoms with Gasteiger partial charge < -0.3 is 0 Å². The minimum atomic E-state index is -4.68. The van der Waals surface area contributed by atoms with Gasteiger partial charge in [0.1, 0.15) is 6.04 Å². The number of non-ortho nitro benzene ring substituents is 1. The molecule has 5 rings (SSSR count). The fourth-order valence-corrected chi connectivity index (χ4v) is 4.86. The summed E-state index contributed by atoms with van der Waals surface area (Å²) in [6, 6.07) is 6.73. The minimum absolute atomic E-state index is 0.0499. The van der Waals surface area contributed by atoms with Crippen LogP contribution in [0.3, 0.4) is 0 Å². The van der Waals surface area contributed by atoms with Gasteiger partial charge in [-0.2, -0.15) is 18.3 Å². The molecule has 3 aliphatic heterocycles. The molecule has 35 heavy (non-hydrogen) atoms. The van der Waals surface area contributed by atoms with E-state index in [2.05, 4.69) is 5.10 Å². The summed E-state index contributed by atoms with van der Waals surface area (Å²) in [7, 11) is 0. The Bertz CT molecular complexity index is 1340. The zero-order valence-electron chi connectivity index (χ0n) is 17.6. The minimum Gasteiger partial charge on any atom is -0.292 e. The van der Waals surface area contributed by atoms with Gasteiger partial charge in [-0.05, 0) is 24.3 Å². The number of hydrazone groups is 1. The monoisotopic (exact) mass is 484 g/mol. The molecule has 2 aromatic rings. The van der Waals surface area contributed by atoms with Crippen molar-refractivity contribution in [3.8, 4) is 0 Å². The highest BCUT2D eigenvalue weighted by molar-refractivity contribution is 6.24. The fraction of sp³-hybridized carbons (Fsp3) is 0.217. The van der Waals surface area contributed by atoms with Crippen molar-refractivity contribution >= 4 is 35.2 Å². The molecule has 2 amide bonds. The van der Waals surface area contributed by atoms with Gasteiger partial charge >= 0.3 is 6.18 Å². The number of benzene rings is 2. The van der Waals surface area contributed by atoms with Crippen molar-refractivity contribution in [3.05, 3.63) is 81.9 Å². The standard InChI is InChI=1S/C23H15F3N4O5/c24-23(25,26)13-5-2-6-14(11-13)28-21(32)17-16-8-3-9-27-29(16)19(18(17)22(28)33)20(31)12-4-1-7-15(10-12)30(34)35/h1-11,16-19H/t16-,17-,18+,19+/m1/s1. The molecule has 4 atom stereocenters. The Morgan fingerprint density at radius 2 is 1.74 bits per heavy atom. The van der Waals surface area contributed by atoms with Crippen molar-refractivity contribution < 1.29 is 32.5 Å². The Morgan fingerprint density at radius 1 is 1.03 bits per heavy atom. The first kappa shape index (κ1) is 22.4. The van der Waals surface area contributed by atoms with E-state index in [0.29, 0.717) is 11.0 Å². The maximum atomic E-state index is 13.5. The third kappa shape index (κ3) is 3.49. The van der Waals surface area contributed by atoms with Gasteiger partial charge in [-0.3, -0.25) is 29.5 Å². The molecule has 0 spiro atoms. The lowest BCUT2D eigenvalue weighted by molar-refractivity contribution is -0.384. The summed E-state index contributed by atoms with van der Waals surface area (Å²) < 4.78 is 39.7. The van der Waals surface area contributed by atoms with E-state index in [1.807, 2.05) is 0 Å². The second-order valence-electron chi connectivity index (χ2n) is 8.25. The Morgan fingerprint density at radius 3 is 2.46 bits per heavy atom. The number of hydrogen-bond donors (Lipinski definition) is 0. The number of nitro groups is 1. The number of alkyl halides is 3. The van der Waals surface area contributed by atoms with Crippen LogP contribution >= 0.6 is 0 Å². The molecule has 2 aromatic carbocycles. The molecular weight excluding hydrogens is 469 g/mol. The number of carbonyl (C=O) groups is 3. The van der Waals surface area contributed by atoms with Crippen LogP contribution in [0.15, 0.2) is 65.8 Å². The lowest BCUT2D eigenvalue weighted by Gasteiger charge is -2.30. The Labute approximate surface area is 195 Å². The molecule has 2 saturated heterocycles. The lowest BCUT2D eigenvalue weighted by atomic mass is 9.86. The summed E-state index contributed by atoms with van der Waals surface area (Å²) in [6.07, 6.45) is -0.171. The number of nitrogens with zero attached hydrogens (tertiary/aromatic N) is 4. The number of rotatable bonds is 4. The van der Waals surface area contributed by atoms with Crippen LogP contribution in [0.1, 0.15) is 15.9 Å². The van der Waals surface area contributed by atoms with Crippen LogP contribution in [0.4, 0.5) is 24.5 Å². The van der Waals surface area contributed by atoms with Crippen molar-refractivity contribution in [1.29, 1.82) is 0 Å². The average Bonchev–Trinajstić information content (AvgIpc) is 3.30. The number of Topliss-reactive ketones (excluding diaryl/α,β-unsaturated/α-hetero) is 1. The molecule has 0 aliphatic carbocycles. The van der Waals surface area contributed by atoms with Crippen LogP contribution < -0.4 is 4.90 Å². The van der Waals surface area contributed by atoms with E-state index in [9.17, 15) is 37.7 Å². The van der Waals surface area contributed by atoms with Crippen molar-refractivity contribution in [1.82, 2.24) is 5.01 Å². The molecule has 178 valence electrons. The first-order chi connectivity index (χ1) is 16.6. The molecule has 0 bridgehead atoms. The molecule has 0 N–H and O–H groups in total. The zero-order valence-corrected chi connectivity index (χ0v) is 17.6. The third-order valence-electron chi connectivity index (χ3n) is 6.33. The van der Waals surface area contributed by atoms with Gasteiger partial charge in [0.15, 0.2) is 5.78 Å². The van der Waals surface area contributed by atoms with E-state index in [1.54, 1.807) is 12.2 Å². The van der Waals surface area contributed by atoms with E-state index in [0.717, 1.165) is 18.2 Å². The van der Waals surface area contributed by atoms with E-state index >= 15 is 0 Å². The van der Waals surface area contributed by atoms with Gasteiger partial charge in [0.25, 0.3) is 5.69 Å². The first-order valence-electron chi connectivity index (χ1n) is 10.4. The molecule has 3 aliphatic rings. The molecule has 0 radical (unpaired) electrons. The number of amides is 2. The normalized spacial score (nSPS) is 25.1. The molecule has 0 saturated carbocycles. The molecule has 2 fully saturated rings. The number of ketones is 1. The molecule has 3 heterocycles. The number of hydrogen-bond acceptors (Lipinski definition) is 7. The number of allylic oxidation sites excluding steroid dienone is 1. The van der Waals surface area contributed by atoms with Crippen LogP contribution in [-0.2, 0) is 15.8 Å². The predicted octanol–water partition coefficient (Wildman–Crippen LogP) is 3.21. The number of anilines is 1. The number of halogens is 3. The van der Waals surface area contributed by atoms with Gasteiger partial charge in [-0.15, -0.1) is 0 Å². The smallest absolute Gasteiger partial charge is 0.292 e. The zero-order chi connectivity index (χ0) is 25.1. The highest BCUT2D eigenvalue weighted by Crippen LogP contribution is 2.46. The second kappa shape index (κ2) is 7.86. The molecular formula is C23H15F3N4O5. The summed E-state index contributed by atoms with van der Waals surface area (Å²) in [5.41, 5.74) is -1.66. The summed E-state index contributed by atoms with van der Waals surface area (Å²) in [4.78, 5) is 51.5. The van der Waals surface area contributed by atoms with Crippen molar-refractivity contribution in [2.45, 2.75) is 18.3 Å². The van der Waals surface area contributed by atoms with Crippen LogP contribution in [0.25, 0.3) is 0 Å². The van der Waals surface area contributed by atoms with E-state index in [4.69, 9.17) is 0 Å². The molecule has 12 heteroatoms. The van der Waals surface area contributed by atoms with Gasteiger partial charge in [0.2, 0.25) is 11.8 Å². The van der Waals surface area contributed by atoms with Gasteiger partial charge in [0, 0.05) is 23.9 Å². The fourth-order valence-electron chi connectivity index (χ4n) is 4.86. The maximum Gasteiger partial charge on any atom is 0.416 e. The first-order valence-corrected chi connectivity index (χ1v) is 10.4. The van der Waals surface area contributed by atoms with Gasteiger partial charge in [-0.1, -0.05) is 24.3 Å². The van der Waals surface area contributed by atoms with Crippen LogP contribution in [0.5, 0.6) is 0 Å². The summed E-state index contributed by atoms with van der Waals surface area (Å²) in [5.74, 6) is -4.55. The SMILES string of the molecule is O=C(c1cccc([N+](=O)[O-])c1)[C@@H]1[C@H]2C(=O)N(c3cccc(C(F)(F)F)c3)C(=O)[C@@H]2[C@H]2C=CC=NN21. The number of fused-ring (bicyclic) bond motifs is 3. The second-order valence-corrected chi connectivity index (χ2v) is 8.25. The highest BCUT2D eigenvalue weighted by atomic mass is 19.4. The predicted molar refractivity (Wildman–Crippen MR) is 115 cm³/mol. The van der Waals surface area contributed by atoms with Crippen molar-refractivity contribution in [2.24, 2.45) is 16.9 Å². The Balaban J connectivity index is 1.57. The van der Waals surface area contributed by atoms with Crippen LogP contribution in [0.2, 0.25) is 0 Å². The number of imide groups is 1. The summed E-state index contributed by atoms with van der Waals surface area (Å²) in [5, 5.41) is 16.6. The molecule has 9 nitrogen and oxygen atoms in total.